The molecule has 136 valence electrons. The van der Waals surface area contributed by atoms with Crippen molar-refractivity contribution in [2.24, 2.45) is 4.99 Å². The minimum absolute atomic E-state index is 0.0535. The molecule has 2 N–H and O–H groups in total. The van der Waals surface area contributed by atoms with E-state index in [1.807, 2.05) is 0 Å². The SMILES string of the molecule is COC(=O)/N=C(/NC(=O)Nc1ccc(Cl)c(C(=O)OC(C)C)c1)SC. The number of carbonyl (C=O) groups is 3. The minimum Gasteiger partial charge on any atom is -0.459 e. The number of amidine groups is 1. The van der Waals surface area contributed by atoms with E-state index >= 15 is 0 Å². The fourth-order valence-corrected chi connectivity index (χ4v) is 2.10. The van der Waals surface area contributed by atoms with Gasteiger partial charge < -0.3 is 14.8 Å². The highest BCUT2D eigenvalue weighted by atomic mass is 35.5. The van der Waals surface area contributed by atoms with Crippen LogP contribution in [0.3, 0.4) is 0 Å². The van der Waals surface area contributed by atoms with Crippen molar-refractivity contribution in [1.82, 2.24) is 5.32 Å². The second kappa shape index (κ2) is 9.90. The van der Waals surface area contributed by atoms with Crippen molar-refractivity contribution >= 4 is 52.3 Å². The third-order valence-corrected chi connectivity index (χ3v) is 3.48. The second-order valence-corrected chi connectivity index (χ2v) is 6.02. The summed E-state index contributed by atoms with van der Waals surface area (Å²) in [7, 11) is 1.18. The summed E-state index contributed by atoms with van der Waals surface area (Å²) in [5, 5.41) is 5.16. The van der Waals surface area contributed by atoms with Gasteiger partial charge in [-0.15, -0.1) is 0 Å². The molecule has 0 aliphatic carbocycles. The molecule has 0 unspecified atom stereocenters. The van der Waals surface area contributed by atoms with E-state index in [-0.39, 0.29) is 21.9 Å². The molecule has 0 fully saturated rings. The van der Waals surface area contributed by atoms with Gasteiger partial charge in [-0.05, 0) is 38.3 Å². The number of amides is 3. The highest BCUT2D eigenvalue weighted by molar-refractivity contribution is 8.13. The monoisotopic (exact) mass is 387 g/mol. The highest BCUT2D eigenvalue weighted by Gasteiger charge is 2.15. The first-order chi connectivity index (χ1) is 11.8. The number of urea groups is 1. The molecule has 1 aromatic carbocycles. The van der Waals surface area contributed by atoms with E-state index in [0.717, 1.165) is 11.8 Å². The molecule has 0 heterocycles. The lowest BCUT2D eigenvalue weighted by Gasteiger charge is -2.12. The summed E-state index contributed by atoms with van der Waals surface area (Å²) in [5.41, 5.74) is 0.442. The predicted octanol–water partition coefficient (Wildman–Crippen LogP) is 3.51. The average molecular weight is 388 g/mol. The van der Waals surface area contributed by atoms with Crippen molar-refractivity contribution in [1.29, 1.82) is 0 Å². The van der Waals surface area contributed by atoms with E-state index in [4.69, 9.17) is 16.3 Å². The molecule has 0 aromatic heterocycles. The van der Waals surface area contributed by atoms with Gasteiger partial charge in [-0.25, -0.2) is 14.4 Å². The quantitative estimate of drug-likeness (QED) is 0.467. The van der Waals surface area contributed by atoms with Crippen LogP contribution in [0.4, 0.5) is 15.3 Å². The maximum atomic E-state index is 12.0. The smallest absolute Gasteiger partial charge is 0.435 e. The van der Waals surface area contributed by atoms with Gasteiger partial charge in [0.2, 0.25) is 0 Å². The van der Waals surface area contributed by atoms with Crippen molar-refractivity contribution in [2.45, 2.75) is 20.0 Å². The largest absolute Gasteiger partial charge is 0.459 e. The Morgan fingerprint density at radius 2 is 1.96 bits per heavy atom. The van der Waals surface area contributed by atoms with Crippen LogP contribution in [0.15, 0.2) is 23.2 Å². The van der Waals surface area contributed by atoms with Crippen LogP contribution in [-0.2, 0) is 9.47 Å². The molecule has 0 spiro atoms. The van der Waals surface area contributed by atoms with Gasteiger partial charge in [-0.1, -0.05) is 23.4 Å². The van der Waals surface area contributed by atoms with Gasteiger partial charge in [-0.2, -0.15) is 4.99 Å². The number of rotatable bonds is 3. The number of nitrogens with one attached hydrogen (secondary N) is 2. The molecule has 25 heavy (non-hydrogen) atoms. The minimum atomic E-state index is -0.838. The Kier molecular flexibility index (Phi) is 8.23. The summed E-state index contributed by atoms with van der Waals surface area (Å²) in [6.07, 6.45) is 0.488. The molecule has 0 aliphatic heterocycles. The molecular formula is C15H18ClN3O5S. The van der Waals surface area contributed by atoms with E-state index in [9.17, 15) is 14.4 Å². The zero-order valence-corrected chi connectivity index (χ0v) is 15.7. The predicted molar refractivity (Wildman–Crippen MR) is 97.5 cm³/mol. The number of carbonyl (C=O) groups excluding carboxylic acids is 3. The van der Waals surface area contributed by atoms with Crippen molar-refractivity contribution in [3.05, 3.63) is 28.8 Å². The maximum Gasteiger partial charge on any atom is 0.435 e. The number of aliphatic imine (C=N–C) groups is 1. The number of hydrogen-bond donors (Lipinski definition) is 2. The number of halogens is 1. The number of ether oxygens (including phenoxy) is 2. The number of esters is 1. The van der Waals surface area contributed by atoms with Crippen molar-refractivity contribution < 1.29 is 23.9 Å². The molecule has 1 rings (SSSR count). The maximum absolute atomic E-state index is 12.0. The summed E-state index contributed by atoms with van der Waals surface area (Å²) in [6, 6.07) is 3.72. The lowest BCUT2D eigenvalue weighted by atomic mass is 10.2. The van der Waals surface area contributed by atoms with Crippen LogP contribution in [-0.4, -0.2) is 42.7 Å². The molecule has 0 saturated heterocycles. The topological polar surface area (TPSA) is 106 Å². The molecule has 0 atom stereocenters. The number of anilines is 1. The molecule has 8 nitrogen and oxygen atoms in total. The first-order valence-corrected chi connectivity index (χ1v) is 8.66. The number of methoxy groups -OCH3 is 1. The van der Waals surface area contributed by atoms with Gasteiger partial charge in [0.05, 0.1) is 23.8 Å². The first-order valence-electron chi connectivity index (χ1n) is 7.06. The molecular weight excluding hydrogens is 370 g/mol. The molecule has 1 aromatic rings. The number of thioether (sulfide) groups is 1. The first kappa shape index (κ1) is 20.8. The lowest BCUT2D eigenvalue weighted by Crippen LogP contribution is -2.33. The van der Waals surface area contributed by atoms with E-state index in [0.29, 0.717) is 5.69 Å². The fourth-order valence-electron chi connectivity index (χ4n) is 1.55. The van der Waals surface area contributed by atoms with E-state index in [2.05, 4.69) is 20.4 Å². The van der Waals surface area contributed by atoms with E-state index in [1.165, 1.54) is 25.3 Å². The van der Waals surface area contributed by atoms with Crippen molar-refractivity contribution in [3.8, 4) is 0 Å². The summed E-state index contributed by atoms with van der Waals surface area (Å²) in [4.78, 5) is 38.6. The Hall–Kier alpha value is -2.26. The highest BCUT2D eigenvalue weighted by Crippen LogP contribution is 2.22. The summed E-state index contributed by atoms with van der Waals surface area (Å²) < 4.78 is 9.48. The van der Waals surface area contributed by atoms with Crippen molar-refractivity contribution in [3.63, 3.8) is 0 Å². The molecule has 0 radical (unpaired) electrons. The van der Waals surface area contributed by atoms with E-state index in [1.54, 1.807) is 20.1 Å². The number of hydrogen-bond acceptors (Lipinski definition) is 6. The Morgan fingerprint density at radius 3 is 2.52 bits per heavy atom. The number of nitrogens with zero attached hydrogens (tertiary/aromatic N) is 1. The Bertz CT molecular complexity index is 694. The van der Waals surface area contributed by atoms with Gasteiger partial charge in [0.25, 0.3) is 0 Å². The zero-order valence-electron chi connectivity index (χ0n) is 14.1. The van der Waals surface area contributed by atoms with Crippen LogP contribution in [0.5, 0.6) is 0 Å². The van der Waals surface area contributed by atoms with Crippen LogP contribution in [0.2, 0.25) is 5.02 Å². The normalized spacial score (nSPS) is 11.0. The lowest BCUT2D eigenvalue weighted by molar-refractivity contribution is 0.0378. The van der Waals surface area contributed by atoms with Crippen molar-refractivity contribution in [2.75, 3.05) is 18.7 Å². The Morgan fingerprint density at radius 1 is 1.28 bits per heavy atom. The van der Waals surface area contributed by atoms with Gasteiger partial charge in [0, 0.05) is 5.69 Å². The molecule has 0 aliphatic rings. The number of benzene rings is 1. The van der Waals surface area contributed by atoms with Crippen LogP contribution in [0.25, 0.3) is 0 Å². The second-order valence-electron chi connectivity index (χ2n) is 4.82. The molecule has 0 bridgehead atoms. The van der Waals surface area contributed by atoms with Crippen LogP contribution >= 0.6 is 23.4 Å². The Labute approximate surface area is 154 Å². The van der Waals surface area contributed by atoms with Gasteiger partial charge in [0.1, 0.15) is 0 Å². The Balaban J connectivity index is 2.85. The van der Waals surface area contributed by atoms with Crippen LogP contribution in [0, 0.1) is 0 Å². The summed E-state index contributed by atoms with van der Waals surface area (Å²) >= 11 is 7.04. The fraction of sp³-hybridized carbons (Fsp3) is 0.333. The summed E-state index contributed by atoms with van der Waals surface area (Å²) in [5.74, 6) is -0.596. The van der Waals surface area contributed by atoms with Crippen LogP contribution < -0.4 is 10.6 Å². The van der Waals surface area contributed by atoms with E-state index < -0.39 is 18.1 Å². The average Bonchev–Trinajstić information content (AvgIpc) is 2.54. The third kappa shape index (κ3) is 7.02. The van der Waals surface area contributed by atoms with Crippen LogP contribution in [0.1, 0.15) is 24.2 Å². The molecule has 0 saturated carbocycles. The standard InChI is InChI=1S/C15H18ClN3O5S/c1-8(2)24-12(20)10-7-9(5-6-11(10)16)17-13(21)18-14(25-4)19-15(22)23-3/h5-8H,1-4H3,(H2,17,18,19,21,22). The molecule has 10 heteroatoms. The van der Waals surface area contributed by atoms with Gasteiger partial charge in [-0.3, -0.25) is 5.32 Å². The summed E-state index contributed by atoms with van der Waals surface area (Å²) in [6.45, 7) is 3.43. The zero-order chi connectivity index (χ0) is 19.0. The van der Waals surface area contributed by atoms with Gasteiger partial charge >= 0.3 is 18.1 Å². The third-order valence-electron chi connectivity index (χ3n) is 2.57. The van der Waals surface area contributed by atoms with Gasteiger partial charge in [0.15, 0.2) is 5.17 Å². The molecule has 3 amide bonds.